The standard InChI is InChI=1S/C21H17F3N4O5S2/c22-21(23,24)11-4-5-16-15(7-11)25-19(34-16)26-20(31)28-8-13-14(9-28)17(13)27-35(32,33)12-3-1-2-10(6-12)18(29)30/h1-7,13-14,17,27H,8-9H2,(H,29,30)(H,25,26,31). The zero-order chi connectivity index (χ0) is 25.1. The van der Waals surface area contributed by atoms with E-state index in [0.717, 1.165) is 29.5 Å². The lowest BCUT2D eigenvalue weighted by atomic mass is 10.2. The first-order valence-electron chi connectivity index (χ1n) is 10.3. The largest absolute Gasteiger partial charge is 0.478 e. The summed E-state index contributed by atoms with van der Waals surface area (Å²) in [7, 11) is -3.93. The Morgan fingerprint density at radius 3 is 2.49 bits per heavy atom. The first-order chi connectivity index (χ1) is 16.4. The van der Waals surface area contributed by atoms with Crippen molar-refractivity contribution < 1.29 is 36.3 Å². The van der Waals surface area contributed by atoms with E-state index < -0.39 is 33.8 Å². The number of thiazole rings is 1. The van der Waals surface area contributed by atoms with Gasteiger partial charge in [-0.1, -0.05) is 17.4 Å². The van der Waals surface area contributed by atoms with Crippen molar-refractivity contribution in [2.75, 3.05) is 18.4 Å². The molecule has 2 amide bonds. The lowest BCUT2D eigenvalue weighted by Crippen LogP contribution is -2.39. The third kappa shape index (κ3) is 4.56. The molecule has 184 valence electrons. The maximum atomic E-state index is 12.9. The van der Waals surface area contributed by atoms with Crippen LogP contribution in [0.25, 0.3) is 10.2 Å². The third-order valence-electron chi connectivity index (χ3n) is 6.09. The van der Waals surface area contributed by atoms with Crippen LogP contribution in [0.2, 0.25) is 0 Å². The SMILES string of the molecule is O=C(O)c1cccc(S(=O)(=O)NC2C3CN(C(=O)Nc4nc5cc(C(F)(F)F)ccc5s4)CC32)c1. The van der Waals surface area contributed by atoms with Gasteiger partial charge in [0.25, 0.3) is 0 Å². The van der Waals surface area contributed by atoms with Crippen LogP contribution < -0.4 is 10.0 Å². The number of likely N-dealkylation sites (tertiary alicyclic amines) is 1. The first-order valence-corrected chi connectivity index (χ1v) is 12.6. The number of carbonyl (C=O) groups excluding carboxylic acids is 1. The fourth-order valence-electron chi connectivity index (χ4n) is 4.24. The fraction of sp³-hybridized carbons (Fsp3) is 0.286. The number of fused-ring (bicyclic) bond motifs is 2. The molecule has 0 radical (unpaired) electrons. The number of rotatable bonds is 5. The van der Waals surface area contributed by atoms with Crippen LogP contribution in [0.5, 0.6) is 0 Å². The Morgan fingerprint density at radius 1 is 1.11 bits per heavy atom. The lowest BCUT2D eigenvalue weighted by Gasteiger charge is -2.20. The van der Waals surface area contributed by atoms with E-state index >= 15 is 0 Å². The second-order valence-electron chi connectivity index (χ2n) is 8.34. The Bertz CT molecular complexity index is 1440. The highest BCUT2D eigenvalue weighted by Crippen LogP contribution is 2.46. The minimum atomic E-state index is -4.49. The highest BCUT2D eigenvalue weighted by molar-refractivity contribution is 7.89. The van der Waals surface area contributed by atoms with Gasteiger partial charge in [-0.05, 0) is 48.2 Å². The number of anilines is 1. The Kier molecular flexibility index (Phi) is 5.49. The average Bonchev–Trinajstić information content (AvgIpc) is 3.14. The van der Waals surface area contributed by atoms with Crippen molar-refractivity contribution in [2.45, 2.75) is 17.1 Å². The molecule has 2 aromatic carbocycles. The monoisotopic (exact) mass is 526 g/mol. The van der Waals surface area contributed by atoms with Crippen molar-refractivity contribution in [3.63, 3.8) is 0 Å². The van der Waals surface area contributed by atoms with Gasteiger partial charge in [-0.3, -0.25) is 5.32 Å². The van der Waals surface area contributed by atoms with Gasteiger partial charge in [0, 0.05) is 19.1 Å². The Balaban J connectivity index is 1.19. The van der Waals surface area contributed by atoms with Crippen LogP contribution in [0.4, 0.5) is 23.1 Å². The number of urea groups is 1. The molecule has 1 aliphatic heterocycles. The van der Waals surface area contributed by atoms with Crippen molar-refractivity contribution in [3.05, 3.63) is 53.6 Å². The molecule has 1 saturated carbocycles. The van der Waals surface area contributed by atoms with Crippen LogP contribution in [0.1, 0.15) is 15.9 Å². The molecule has 3 N–H and O–H groups in total. The van der Waals surface area contributed by atoms with E-state index in [-0.39, 0.29) is 39.0 Å². The summed E-state index contributed by atoms with van der Waals surface area (Å²) in [6.45, 7) is 0.587. The number of hydrogen-bond donors (Lipinski definition) is 3. The number of carboxylic acids is 1. The molecule has 2 unspecified atom stereocenters. The number of benzene rings is 2. The van der Waals surface area contributed by atoms with Crippen molar-refractivity contribution in [3.8, 4) is 0 Å². The van der Waals surface area contributed by atoms with E-state index in [1.165, 1.54) is 29.2 Å². The zero-order valence-electron chi connectivity index (χ0n) is 17.6. The summed E-state index contributed by atoms with van der Waals surface area (Å²) in [5, 5.41) is 11.8. The molecule has 35 heavy (non-hydrogen) atoms. The van der Waals surface area contributed by atoms with E-state index in [0.29, 0.717) is 17.8 Å². The summed E-state index contributed by atoms with van der Waals surface area (Å²) in [5.41, 5.74) is -0.835. The molecule has 1 aliphatic carbocycles. The molecule has 2 atom stereocenters. The highest BCUT2D eigenvalue weighted by Gasteiger charge is 2.58. The van der Waals surface area contributed by atoms with Crippen LogP contribution in [0.3, 0.4) is 0 Å². The van der Waals surface area contributed by atoms with Crippen LogP contribution >= 0.6 is 11.3 Å². The minimum Gasteiger partial charge on any atom is -0.478 e. The van der Waals surface area contributed by atoms with Crippen molar-refractivity contribution >= 4 is 48.7 Å². The molecule has 3 aromatic rings. The molecular formula is C21H17F3N4O5S2. The maximum absolute atomic E-state index is 12.9. The second-order valence-corrected chi connectivity index (χ2v) is 11.1. The Labute approximate surface area is 200 Å². The number of hydrogen-bond acceptors (Lipinski definition) is 6. The van der Waals surface area contributed by atoms with E-state index in [1.807, 2.05) is 0 Å². The summed E-state index contributed by atoms with van der Waals surface area (Å²) < 4.78 is 67.0. The first kappa shape index (κ1) is 23.5. The van der Waals surface area contributed by atoms with Crippen molar-refractivity contribution in [2.24, 2.45) is 11.8 Å². The van der Waals surface area contributed by atoms with Gasteiger partial charge in [-0.15, -0.1) is 0 Å². The summed E-state index contributed by atoms with van der Waals surface area (Å²) in [6, 6.07) is 7.38. The number of amides is 2. The Hall–Kier alpha value is -3.23. The summed E-state index contributed by atoms with van der Waals surface area (Å²) in [5.74, 6) is -1.42. The van der Waals surface area contributed by atoms with Crippen LogP contribution in [0, 0.1) is 11.8 Å². The molecule has 5 rings (SSSR count). The number of nitrogens with zero attached hydrogens (tertiary/aromatic N) is 2. The zero-order valence-corrected chi connectivity index (χ0v) is 19.2. The number of nitrogens with one attached hydrogen (secondary N) is 2. The quantitative estimate of drug-likeness (QED) is 0.467. The number of carbonyl (C=O) groups is 2. The lowest BCUT2D eigenvalue weighted by molar-refractivity contribution is -0.137. The molecular weight excluding hydrogens is 509 g/mol. The molecule has 0 spiro atoms. The number of aromatic carboxylic acids is 1. The van der Waals surface area contributed by atoms with Crippen LogP contribution in [-0.2, 0) is 16.2 Å². The number of aromatic nitrogens is 1. The van der Waals surface area contributed by atoms with Gasteiger partial charge in [0.1, 0.15) is 0 Å². The van der Waals surface area contributed by atoms with Gasteiger partial charge < -0.3 is 10.0 Å². The minimum absolute atomic E-state index is 0.0945. The maximum Gasteiger partial charge on any atom is 0.416 e. The van der Waals surface area contributed by atoms with E-state index in [1.54, 1.807) is 0 Å². The molecule has 14 heteroatoms. The predicted molar refractivity (Wildman–Crippen MR) is 120 cm³/mol. The Morgan fingerprint density at radius 2 is 1.83 bits per heavy atom. The number of halogens is 3. The van der Waals surface area contributed by atoms with Gasteiger partial charge in [-0.2, -0.15) is 13.2 Å². The van der Waals surface area contributed by atoms with E-state index in [4.69, 9.17) is 5.11 Å². The number of sulfonamides is 1. The van der Waals surface area contributed by atoms with Gasteiger partial charge in [0.15, 0.2) is 5.13 Å². The summed E-state index contributed by atoms with van der Waals surface area (Å²) in [4.78, 5) is 29.1. The van der Waals surface area contributed by atoms with E-state index in [2.05, 4.69) is 15.0 Å². The fourth-order valence-corrected chi connectivity index (χ4v) is 6.46. The van der Waals surface area contributed by atoms with Crippen molar-refractivity contribution in [1.82, 2.24) is 14.6 Å². The third-order valence-corrected chi connectivity index (χ3v) is 8.50. The van der Waals surface area contributed by atoms with Crippen LogP contribution in [-0.4, -0.2) is 54.5 Å². The molecule has 1 saturated heterocycles. The van der Waals surface area contributed by atoms with Crippen LogP contribution in [0.15, 0.2) is 47.4 Å². The molecule has 1 aromatic heterocycles. The predicted octanol–water partition coefficient (Wildman–Crippen LogP) is 3.45. The van der Waals surface area contributed by atoms with Gasteiger partial charge in [0.05, 0.1) is 26.2 Å². The molecule has 2 aliphatic rings. The highest BCUT2D eigenvalue weighted by atomic mass is 32.2. The molecule has 2 heterocycles. The number of carboxylic acid groups (broad SMARTS) is 1. The van der Waals surface area contributed by atoms with E-state index in [9.17, 15) is 31.2 Å². The van der Waals surface area contributed by atoms with Crippen molar-refractivity contribution in [1.29, 1.82) is 0 Å². The average molecular weight is 527 g/mol. The topological polar surface area (TPSA) is 129 Å². The smallest absolute Gasteiger partial charge is 0.416 e. The normalized spacial score (nSPS) is 21.7. The molecule has 0 bridgehead atoms. The summed E-state index contributed by atoms with van der Waals surface area (Å²) >= 11 is 1.05. The van der Waals surface area contributed by atoms with Gasteiger partial charge in [-0.25, -0.2) is 27.7 Å². The summed E-state index contributed by atoms with van der Waals surface area (Å²) in [6.07, 6.45) is -4.49. The van der Waals surface area contributed by atoms with Gasteiger partial charge in [0.2, 0.25) is 10.0 Å². The van der Waals surface area contributed by atoms with Gasteiger partial charge >= 0.3 is 18.2 Å². The second kappa shape index (κ2) is 8.17. The number of alkyl halides is 3. The molecule has 9 nitrogen and oxygen atoms in total. The molecule has 2 fully saturated rings. The number of piperidine rings is 1.